The van der Waals surface area contributed by atoms with Gasteiger partial charge in [0, 0.05) is 18.0 Å². The van der Waals surface area contributed by atoms with Gasteiger partial charge in [0.25, 0.3) is 5.95 Å². The molecule has 2 N–H and O–H groups in total. The SMILES string of the molecule is Cc1cc(N)nn1-c1nccc(Br)n1. The number of nitrogens with two attached hydrogens (primary N) is 1. The Hall–Kier alpha value is -1.43. The van der Waals surface area contributed by atoms with E-state index in [4.69, 9.17) is 5.73 Å². The van der Waals surface area contributed by atoms with Crippen LogP contribution in [0.1, 0.15) is 5.69 Å². The average Bonchev–Trinajstić information content (AvgIpc) is 2.45. The van der Waals surface area contributed by atoms with E-state index in [1.54, 1.807) is 23.0 Å². The zero-order valence-corrected chi connectivity index (χ0v) is 9.06. The average molecular weight is 254 g/mol. The summed E-state index contributed by atoms with van der Waals surface area (Å²) in [6.45, 7) is 1.90. The summed E-state index contributed by atoms with van der Waals surface area (Å²) in [6.07, 6.45) is 1.66. The van der Waals surface area contributed by atoms with Crippen molar-refractivity contribution in [3.63, 3.8) is 0 Å². The second kappa shape index (κ2) is 3.38. The van der Waals surface area contributed by atoms with Crippen LogP contribution in [0.3, 0.4) is 0 Å². The maximum atomic E-state index is 5.56. The molecule has 0 aliphatic heterocycles. The number of nitrogens with zero attached hydrogens (tertiary/aromatic N) is 4. The summed E-state index contributed by atoms with van der Waals surface area (Å²) in [5.74, 6) is 0.972. The number of hydrogen-bond donors (Lipinski definition) is 1. The van der Waals surface area contributed by atoms with Crippen LogP contribution in [-0.2, 0) is 0 Å². The Labute approximate surface area is 89.1 Å². The first-order chi connectivity index (χ1) is 6.66. The molecule has 5 nitrogen and oxygen atoms in total. The molecule has 0 fully saturated rings. The summed E-state index contributed by atoms with van der Waals surface area (Å²) in [4.78, 5) is 8.26. The van der Waals surface area contributed by atoms with Gasteiger partial charge < -0.3 is 5.73 Å². The third kappa shape index (κ3) is 1.60. The Balaban J connectivity index is 2.54. The molecule has 0 aliphatic carbocycles. The number of aryl methyl sites for hydroxylation is 1. The van der Waals surface area contributed by atoms with Gasteiger partial charge in [-0.15, -0.1) is 5.10 Å². The van der Waals surface area contributed by atoms with E-state index in [0.717, 1.165) is 10.3 Å². The van der Waals surface area contributed by atoms with E-state index in [9.17, 15) is 0 Å². The van der Waals surface area contributed by atoms with E-state index >= 15 is 0 Å². The van der Waals surface area contributed by atoms with Crippen LogP contribution in [0.25, 0.3) is 5.95 Å². The lowest BCUT2D eigenvalue weighted by atomic mass is 10.5. The van der Waals surface area contributed by atoms with Gasteiger partial charge >= 0.3 is 0 Å². The van der Waals surface area contributed by atoms with Crippen LogP contribution in [-0.4, -0.2) is 19.7 Å². The molecule has 6 heteroatoms. The number of anilines is 1. The summed E-state index contributed by atoms with van der Waals surface area (Å²) in [7, 11) is 0. The quantitative estimate of drug-likeness (QED) is 0.779. The Morgan fingerprint density at radius 1 is 1.50 bits per heavy atom. The van der Waals surface area contributed by atoms with Crippen molar-refractivity contribution in [1.82, 2.24) is 19.7 Å². The molecule has 2 aromatic heterocycles. The fourth-order valence-corrected chi connectivity index (χ4v) is 1.41. The number of nitrogen functional groups attached to an aromatic ring is 1. The molecular formula is C8H8BrN5. The van der Waals surface area contributed by atoms with Crippen LogP contribution >= 0.6 is 15.9 Å². The summed E-state index contributed by atoms with van der Waals surface area (Å²) in [6, 6.07) is 3.52. The molecule has 0 spiro atoms. The molecule has 0 amide bonds. The number of halogens is 1. The van der Waals surface area contributed by atoms with E-state index in [1.165, 1.54) is 0 Å². The molecule has 0 saturated heterocycles. The monoisotopic (exact) mass is 253 g/mol. The predicted octanol–water partition coefficient (Wildman–Crippen LogP) is 1.32. The van der Waals surface area contributed by atoms with Crippen LogP contribution in [0.2, 0.25) is 0 Å². The Morgan fingerprint density at radius 2 is 2.29 bits per heavy atom. The standard InChI is InChI=1S/C8H8BrN5/c1-5-4-7(10)13-14(5)8-11-3-2-6(9)12-8/h2-4H,1H3,(H2,10,13). The maximum Gasteiger partial charge on any atom is 0.251 e. The van der Waals surface area contributed by atoms with Crippen molar-refractivity contribution in [1.29, 1.82) is 0 Å². The smallest absolute Gasteiger partial charge is 0.251 e. The van der Waals surface area contributed by atoms with Crippen LogP contribution in [0, 0.1) is 6.92 Å². The lowest BCUT2D eigenvalue weighted by molar-refractivity contribution is 0.782. The van der Waals surface area contributed by atoms with Gasteiger partial charge in [-0.25, -0.2) is 14.6 Å². The van der Waals surface area contributed by atoms with Gasteiger partial charge in [0.15, 0.2) is 0 Å². The lowest BCUT2D eigenvalue weighted by Crippen LogP contribution is -2.04. The third-order valence-corrected chi connectivity index (χ3v) is 2.15. The third-order valence-electron chi connectivity index (χ3n) is 1.70. The first-order valence-corrected chi connectivity index (χ1v) is 4.77. The summed E-state index contributed by atoms with van der Waals surface area (Å²) in [5.41, 5.74) is 6.46. The Bertz CT molecular complexity index is 465. The van der Waals surface area contributed by atoms with E-state index < -0.39 is 0 Å². The molecule has 0 aromatic carbocycles. The molecular weight excluding hydrogens is 246 g/mol. The minimum absolute atomic E-state index is 0.464. The fourth-order valence-electron chi connectivity index (χ4n) is 1.13. The van der Waals surface area contributed by atoms with E-state index in [2.05, 4.69) is 31.0 Å². The van der Waals surface area contributed by atoms with Gasteiger partial charge in [0.1, 0.15) is 10.4 Å². The minimum Gasteiger partial charge on any atom is -0.382 e. The normalized spacial score (nSPS) is 10.4. The largest absolute Gasteiger partial charge is 0.382 e. The fraction of sp³-hybridized carbons (Fsp3) is 0.125. The van der Waals surface area contributed by atoms with Crippen LogP contribution in [0.5, 0.6) is 0 Å². The van der Waals surface area contributed by atoms with Gasteiger partial charge in [-0.05, 0) is 28.9 Å². The van der Waals surface area contributed by atoms with Crippen molar-refractivity contribution in [3.8, 4) is 5.95 Å². The zero-order valence-electron chi connectivity index (χ0n) is 7.48. The van der Waals surface area contributed by atoms with Crippen molar-refractivity contribution in [3.05, 3.63) is 28.6 Å². The highest BCUT2D eigenvalue weighted by molar-refractivity contribution is 9.10. The number of aromatic nitrogens is 4. The van der Waals surface area contributed by atoms with Crippen LogP contribution < -0.4 is 5.73 Å². The van der Waals surface area contributed by atoms with Gasteiger partial charge in [-0.2, -0.15) is 0 Å². The predicted molar refractivity (Wildman–Crippen MR) is 56.0 cm³/mol. The number of hydrogen-bond acceptors (Lipinski definition) is 4. The van der Waals surface area contributed by atoms with Gasteiger partial charge in [-0.1, -0.05) is 0 Å². The van der Waals surface area contributed by atoms with Crippen LogP contribution in [0.15, 0.2) is 22.9 Å². The minimum atomic E-state index is 0.464. The van der Waals surface area contributed by atoms with Gasteiger partial charge in [0.2, 0.25) is 0 Å². The summed E-state index contributed by atoms with van der Waals surface area (Å²) in [5, 5.41) is 4.07. The molecule has 14 heavy (non-hydrogen) atoms. The highest BCUT2D eigenvalue weighted by Gasteiger charge is 2.06. The molecule has 0 aliphatic rings. The molecule has 0 atom stereocenters. The maximum absolute atomic E-state index is 5.56. The summed E-state index contributed by atoms with van der Waals surface area (Å²) < 4.78 is 2.32. The second-order valence-corrected chi connectivity index (χ2v) is 3.61. The molecule has 0 bridgehead atoms. The highest BCUT2D eigenvalue weighted by Crippen LogP contribution is 2.11. The van der Waals surface area contributed by atoms with Crippen molar-refractivity contribution in [2.75, 3.05) is 5.73 Å². The molecule has 72 valence electrons. The molecule has 0 saturated carbocycles. The lowest BCUT2D eigenvalue weighted by Gasteiger charge is -2.00. The molecule has 0 radical (unpaired) electrons. The van der Waals surface area contributed by atoms with Crippen LogP contribution in [0.4, 0.5) is 5.82 Å². The second-order valence-electron chi connectivity index (χ2n) is 2.80. The molecule has 2 heterocycles. The highest BCUT2D eigenvalue weighted by atomic mass is 79.9. The van der Waals surface area contributed by atoms with Crippen molar-refractivity contribution in [2.24, 2.45) is 0 Å². The van der Waals surface area contributed by atoms with E-state index in [0.29, 0.717) is 11.8 Å². The molecule has 2 aromatic rings. The number of rotatable bonds is 1. The Morgan fingerprint density at radius 3 is 2.86 bits per heavy atom. The Kier molecular flexibility index (Phi) is 2.20. The van der Waals surface area contributed by atoms with Crippen molar-refractivity contribution in [2.45, 2.75) is 6.92 Å². The van der Waals surface area contributed by atoms with Gasteiger partial charge in [0.05, 0.1) is 0 Å². The van der Waals surface area contributed by atoms with Crippen molar-refractivity contribution >= 4 is 21.7 Å². The topological polar surface area (TPSA) is 69.6 Å². The zero-order chi connectivity index (χ0) is 10.1. The molecule has 0 unspecified atom stereocenters. The first kappa shape index (κ1) is 9.14. The molecule has 2 rings (SSSR count). The van der Waals surface area contributed by atoms with Gasteiger partial charge in [-0.3, -0.25) is 0 Å². The van der Waals surface area contributed by atoms with E-state index in [1.807, 2.05) is 6.92 Å². The summed E-state index contributed by atoms with van der Waals surface area (Å²) >= 11 is 3.27. The van der Waals surface area contributed by atoms with E-state index in [-0.39, 0.29) is 0 Å². The van der Waals surface area contributed by atoms with Crippen molar-refractivity contribution < 1.29 is 0 Å². The first-order valence-electron chi connectivity index (χ1n) is 3.98.